The van der Waals surface area contributed by atoms with Crippen LogP contribution in [-0.2, 0) is 13.1 Å². The van der Waals surface area contributed by atoms with Crippen LogP contribution in [0.5, 0.6) is 5.88 Å². The number of rotatable bonds is 3. The lowest BCUT2D eigenvalue weighted by atomic mass is 10.2. The number of carbonyl (C=O) groups is 1. The highest BCUT2D eigenvalue weighted by Crippen LogP contribution is 2.19. The predicted molar refractivity (Wildman–Crippen MR) is 91.6 cm³/mol. The number of nitriles is 1. The van der Waals surface area contributed by atoms with Gasteiger partial charge in [0.25, 0.3) is 5.91 Å². The Morgan fingerprint density at radius 2 is 2.26 bits per heavy atom. The Morgan fingerprint density at radius 3 is 2.96 bits per heavy atom. The van der Waals surface area contributed by atoms with Crippen molar-refractivity contribution in [2.45, 2.75) is 26.1 Å². The molecule has 9 nitrogen and oxygen atoms in total. The summed E-state index contributed by atoms with van der Waals surface area (Å²) in [6.07, 6.45) is 2.78. The summed E-state index contributed by atoms with van der Waals surface area (Å²) in [4.78, 5) is 18.6. The topological polar surface area (TPSA) is 110 Å². The molecule has 1 aliphatic heterocycles. The van der Waals surface area contributed by atoms with Crippen LogP contribution < -0.4 is 4.74 Å². The van der Waals surface area contributed by atoms with Gasteiger partial charge in [-0.2, -0.15) is 10.4 Å². The second-order valence-electron chi connectivity index (χ2n) is 6.26. The molecular weight excluding hydrogens is 348 g/mol. The monoisotopic (exact) mass is 364 g/mol. The largest absolute Gasteiger partial charge is 0.470 e. The van der Waals surface area contributed by atoms with Crippen molar-refractivity contribution in [3.63, 3.8) is 0 Å². The molecule has 4 heterocycles. The zero-order valence-corrected chi connectivity index (χ0v) is 14.6. The van der Waals surface area contributed by atoms with Crippen LogP contribution in [0.25, 0.3) is 0 Å². The fourth-order valence-corrected chi connectivity index (χ4v) is 2.95. The summed E-state index contributed by atoms with van der Waals surface area (Å²) in [6.45, 7) is 2.96. The van der Waals surface area contributed by atoms with E-state index in [9.17, 15) is 4.79 Å². The highest BCUT2D eigenvalue weighted by molar-refractivity contribution is 5.91. The molecule has 0 saturated carbocycles. The molecule has 0 bridgehead atoms. The van der Waals surface area contributed by atoms with Crippen LogP contribution in [0.4, 0.5) is 0 Å². The zero-order chi connectivity index (χ0) is 18.8. The number of amides is 1. The maximum absolute atomic E-state index is 12.8. The smallest absolute Gasteiger partial charge is 0.292 e. The Labute approximate surface area is 154 Å². The molecule has 0 aliphatic carbocycles. The Morgan fingerprint density at radius 1 is 1.37 bits per heavy atom. The number of hydrogen-bond acceptors (Lipinski definition) is 7. The number of aryl methyl sites for hydroxylation is 1. The molecule has 0 radical (unpaired) electrons. The Balaban J connectivity index is 1.58. The number of ether oxygens (including phenoxy) is 1. The molecule has 27 heavy (non-hydrogen) atoms. The van der Waals surface area contributed by atoms with E-state index in [-0.39, 0.29) is 17.8 Å². The van der Waals surface area contributed by atoms with Gasteiger partial charge in [0.05, 0.1) is 36.6 Å². The lowest BCUT2D eigenvalue weighted by Gasteiger charge is -2.23. The van der Waals surface area contributed by atoms with Crippen LogP contribution in [0.2, 0.25) is 0 Å². The maximum atomic E-state index is 12.8. The maximum Gasteiger partial charge on any atom is 0.292 e. The van der Waals surface area contributed by atoms with Crippen LogP contribution in [-0.4, -0.2) is 43.4 Å². The van der Waals surface area contributed by atoms with Crippen molar-refractivity contribution >= 4 is 5.91 Å². The predicted octanol–water partition coefficient (Wildman–Crippen LogP) is 1.55. The summed E-state index contributed by atoms with van der Waals surface area (Å²) >= 11 is 0. The average Bonchev–Trinajstić information content (AvgIpc) is 3.26. The van der Waals surface area contributed by atoms with E-state index in [0.717, 1.165) is 5.69 Å². The molecule has 3 aromatic heterocycles. The molecule has 1 amide bonds. The van der Waals surface area contributed by atoms with Crippen LogP contribution in [0.15, 0.2) is 41.2 Å². The van der Waals surface area contributed by atoms with E-state index in [1.165, 1.54) is 6.20 Å². The van der Waals surface area contributed by atoms with Crippen molar-refractivity contribution in [3.05, 3.63) is 59.4 Å². The van der Waals surface area contributed by atoms with Crippen LogP contribution in [0, 0.1) is 18.3 Å². The van der Waals surface area contributed by atoms with E-state index < -0.39 is 0 Å². The van der Waals surface area contributed by atoms with Crippen molar-refractivity contribution in [1.29, 1.82) is 5.26 Å². The van der Waals surface area contributed by atoms with Crippen molar-refractivity contribution in [3.8, 4) is 11.9 Å². The Kier molecular flexibility index (Phi) is 4.30. The quantitative estimate of drug-likeness (QED) is 0.693. The SMILES string of the molecule is Cc1cc(C(=O)N2Cc3ccnn3C[C@@H](Oc3ccc(C#N)cn3)C2)on1. The van der Waals surface area contributed by atoms with Crippen molar-refractivity contribution < 1.29 is 14.1 Å². The van der Waals surface area contributed by atoms with Crippen LogP contribution in [0.3, 0.4) is 0 Å². The lowest BCUT2D eigenvalue weighted by Crippen LogP contribution is -2.38. The third kappa shape index (κ3) is 3.50. The van der Waals surface area contributed by atoms with Gasteiger partial charge in [-0.3, -0.25) is 9.48 Å². The van der Waals surface area contributed by atoms with Gasteiger partial charge in [0.15, 0.2) is 0 Å². The molecule has 3 aromatic rings. The number of nitrogens with zero attached hydrogens (tertiary/aromatic N) is 6. The lowest BCUT2D eigenvalue weighted by molar-refractivity contribution is 0.0605. The van der Waals surface area contributed by atoms with Gasteiger partial charge < -0.3 is 14.2 Å². The first-order chi connectivity index (χ1) is 13.1. The molecule has 1 atom stereocenters. The summed E-state index contributed by atoms with van der Waals surface area (Å²) in [5, 5.41) is 17.0. The minimum Gasteiger partial charge on any atom is -0.470 e. The van der Waals surface area contributed by atoms with Gasteiger partial charge in [-0.05, 0) is 19.1 Å². The molecule has 1 aliphatic rings. The normalized spacial score (nSPS) is 16.3. The summed E-state index contributed by atoms with van der Waals surface area (Å²) < 4.78 is 12.9. The van der Waals surface area contributed by atoms with Crippen molar-refractivity contribution in [1.82, 2.24) is 24.8 Å². The summed E-state index contributed by atoms with van der Waals surface area (Å²) in [7, 11) is 0. The van der Waals surface area contributed by atoms with E-state index >= 15 is 0 Å². The van der Waals surface area contributed by atoms with Gasteiger partial charge in [0.1, 0.15) is 12.2 Å². The zero-order valence-electron chi connectivity index (χ0n) is 14.6. The molecule has 9 heteroatoms. The molecule has 4 rings (SSSR count). The highest BCUT2D eigenvalue weighted by atomic mass is 16.5. The van der Waals surface area contributed by atoms with Gasteiger partial charge in [-0.25, -0.2) is 4.98 Å². The first-order valence-electron chi connectivity index (χ1n) is 8.38. The van der Waals surface area contributed by atoms with Gasteiger partial charge in [-0.1, -0.05) is 5.16 Å². The van der Waals surface area contributed by atoms with Crippen LogP contribution in [0.1, 0.15) is 27.5 Å². The Bertz CT molecular complexity index is 1000. The second-order valence-corrected chi connectivity index (χ2v) is 6.26. The standard InChI is InChI=1S/C18H16N6O3/c1-12-6-16(27-22-12)18(25)23-9-14-4-5-21-24(14)11-15(10-23)26-17-3-2-13(7-19)8-20-17/h2-6,8,15H,9-11H2,1H3/t15-/m0/s1. The first kappa shape index (κ1) is 16.8. The number of hydrogen-bond donors (Lipinski definition) is 0. The van der Waals surface area contributed by atoms with Crippen molar-refractivity contribution in [2.75, 3.05) is 6.54 Å². The molecule has 136 valence electrons. The van der Waals surface area contributed by atoms with E-state index in [4.69, 9.17) is 14.5 Å². The average molecular weight is 364 g/mol. The highest BCUT2D eigenvalue weighted by Gasteiger charge is 2.29. The van der Waals surface area contributed by atoms with E-state index in [0.29, 0.717) is 36.8 Å². The fourth-order valence-electron chi connectivity index (χ4n) is 2.95. The summed E-state index contributed by atoms with van der Waals surface area (Å²) in [6, 6.07) is 8.78. The molecule has 0 spiro atoms. The molecule has 0 aromatic carbocycles. The van der Waals surface area contributed by atoms with Gasteiger partial charge in [0.2, 0.25) is 11.6 Å². The summed E-state index contributed by atoms with van der Waals surface area (Å²) in [5.41, 5.74) is 2.00. The molecular formula is C18H16N6O3. The first-order valence-corrected chi connectivity index (χ1v) is 8.38. The molecule has 0 fully saturated rings. The van der Waals surface area contributed by atoms with E-state index in [2.05, 4.69) is 15.2 Å². The van der Waals surface area contributed by atoms with Gasteiger partial charge in [0, 0.05) is 24.5 Å². The third-order valence-electron chi connectivity index (χ3n) is 4.24. The number of pyridine rings is 1. The van der Waals surface area contributed by atoms with Crippen molar-refractivity contribution in [2.24, 2.45) is 0 Å². The van der Waals surface area contributed by atoms with E-state index in [1.807, 2.05) is 16.8 Å². The van der Waals surface area contributed by atoms with Gasteiger partial charge in [-0.15, -0.1) is 0 Å². The molecule has 0 N–H and O–H groups in total. The van der Waals surface area contributed by atoms with Gasteiger partial charge >= 0.3 is 0 Å². The molecule has 0 unspecified atom stereocenters. The van der Waals surface area contributed by atoms with Crippen LogP contribution >= 0.6 is 0 Å². The number of fused-ring (bicyclic) bond motifs is 1. The third-order valence-corrected chi connectivity index (χ3v) is 4.24. The fraction of sp³-hybridized carbons (Fsp3) is 0.278. The minimum atomic E-state index is -0.362. The van der Waals surface area contributed by atoms with E-state index in [1.54, 1.807) is 36.2 Å². The number of aromatic nitrogens is 4. The Hall–Kier alpha value is -3.67. The second kappa shape index (κ2) is 6.92. The molecule has 0 saturated heterocycles. The summed E-state index contributed by atoms with van der Waals surface area (Å²) in [5.74, 6) is 0.319. The number of carbonyl (C=O) groups excluding carboxylic acids is 1. The minimum absolute atomic E-state index is 0.190.